The Morgan fingerprint density at radius 1 is 1.67 bits per heavy atom. The van der Waals surface area contributed by atoms with Gasteiger partial charge in [0.15, 0.2) is 0 Å². The van der Waals surface area contributed by atoms with Crippen LogP contribution in [0.2, 0.25) is 0 Å². The summed E-state index contributed by atoms with van der Waals surface area (Å²) >= 11 is 2.96. The Labute approximate surface area is 75.7 Å². The first-order valence-corrected chi connectivity index (χ1v) is 3.80. The van der Waals surface area contributed by atoms with Crippen LogP contribution in [0.25, 0.3) is 0 Å². The van der Waals surface area contributed by atoms with E-state index in [-0.39, 0.29) is 5.56 Å². The van der Waals surface area contributed by atoms with Gasteiger partial charge >= 0.3 is 5.82 Å². The van der Waals surface area contributed by atoms with E-state index in [1.165, 1.54) is 12.1 Å². The highest BCUT2D eigenvalue weighted by Gasteiger charge is 2.15. The third-order valence-electron chi connectivity index (χ3n) is 1.24. The molecule has 6 heteroatoms. The lowest BCUT2D eigenvalue weighted by molar-refractivity contribution is -0.390. The Hall–Kier alpha value is -1.04. The second kappa shape index (κ2) is 3.57. The van der Waals surface area contributed by atoms with Crippen LogP contribution in [0.3, 0.4) is 0 Å². The highest BCUT2D eigenvalue weighted by molar-refractivity contribution is 9.10. The number of hydrogen-bond acceptors (Lipinski definition) is 3. The maximum absolute atomic E-state index is 12.1. The van der Waals surface area contributed by atoms with E-state index >= 15 is 0 Å². The molecule has 0 atom stereocenters. The largest absolute Gasteiger partial charge is 0.370 e. The van der Waals surface area contributed by atoms with Crippen LogP contribution in [0.4, 0.5) is 10.2 Å². The molecule has 0 unspecified atom stereocenters. The Bertz CT molecular complexity index is 318. The predicted molar refractivity (Wildman–Crippen MR) is 43.4 cm³/mol. The van der Waals surface area contributed by atoms with Crippen molar-refractivity contribution in [2.24, 2.45) is 0 Å². The number of nitrogens with zero attached hydrogens (tertiary/aromatic N) is 2. The van der Waals surface area contributed by atoms with Crippen LogP contribution in [-0.4, -0.2) is 9.91 Å². The van der Waals surface area contributed by atoms with Gasteiger partial charge in [0, 0.05) is 15.9 Å². The van der Waals surface area contributed by atoms with Gasteiger partial charge in [-0.15, -0.1) is 0 Å². The zero-order valence-corrected chi connectivity index (χ0v) is 7.41. The van der Waals surface area contributed by atoms with E-state index in [0.29, 0.717) is 4.60 Å². The summed E-state index contributed by atoms with van der Waals surface area (Å²) < 4.78 is 12.4. The average molecular weight is 235 g/mol. The summed E-state index contributed by atoms with van der Waals surface area (Å²) in [6.45, 7) is -0.878. The van der Waals surface area contributed by atoms with Crippen LogP contribution in [0.5, 0.6) is 0 Å². The quantitative estimate of drug-likeness (QED) is 0.448. The molecular weight excluding hydrogens is 231 g/mol. The molecule has 1 aromatic heterocycles. The second-order valence-electron chi connectivity index (χ2n) is 2.01. The summed E-state index contributed by atoms with van der Waals surface area (Å²) in [7, 11) is 0. The molecule has 1 heterocycles. The zero-order chi connectivity index (χ0) is 9.14. The van der Waals surface area contributed by atoms with E-state index in [2.05, 4.69) is 20.9 Å². The van der Waals surface area contributed by atoms with Gasteiger partial charge in [0.2, 0.25) is 4.60 Å². The fraction of sp³-hybridized carbons (Fsp3) is 0.167. The fourth-order valence-corrected chi connectivity index (χ4v) is 1.02. The molecule has 0 aliphatic heterocycles. The normalized spacial score (nSPS) is 9.83. The molecule has 0 amide bonds. The molecular formula is C6H4BrFN2O2. The number of nitro groups is 1. The fourth-order valence-electron chi connectivity index (χ4n) is 0.717. The molecule has 12 heavy (non-hydrogen) atoms. The molecule has 0 fully saturated rings. The van der Waals surface area contributed by atoms with Gasteiger partial charge < -0.3 is 10.1 Å². The van der Waals surface area contributed by atoms with E-state index < -0.39 is 17.4 Å². The highest BCUT2D eigenvalue weighted by atomic mass is 79.9. The molecule has 0 saturated heterocycles. The van der Waals surface area contributed by atoms with Crippen LogP contribution in [0.1, 0.15) is 5.56 Å². The molecule has 4 nitrogen and oxygen atoms in total. The average Bonchev–Trinajstić information content (AvgIpc) is 2.04. The van der Waals surface area contributed by atoms with E-state index in [9.17, 15) is 14.5 Å². The molecule has 0 radical (unpaired) electrons. The molecule has 0 N–H and O–H groups in total. The Balaban J connectivity index is 3.21. The van der Waals surface area contributed by atoms with Crippen LogP contribution < -0.4 is 0 Å². The van der Waals surface area contributed by atoms with E-state index in [1.54, 1.807) is 0 Å². The van der Waals surface area contributed by atoms with Crippen molar-refractivity contribution < 1.29 is 9.31 Å². The lowest BCUT2D eigenvalue weighted by atomic mass is 10.3. The number of hydrogen-bond donors (Lipinski definition) is 0. The van der Waals surface area contributed by atoms with Crippen LogP contribution in [0.15, 0.2) is 16.7 Å². The molecule has 0 aromatic carbocycles. The molecule has 1 rings (SSSR count). The van der Waals surface area contributed by atoms with Gasteiger partial charge in [-0.25, -0.2) is 4.39 Å². The van der Waals surface area contributed by atoms with Crippen molar-refractivity contribution in [2.75, 3.05) is 0 Å². The third kappa shape index (κ3) is 1.76. The van der Waals surface area contributed by atoms with Crippen LogP contribution in [0, 0.1) is 10.1 Å². The highest BCUT2D eigenvalue weighted by Crippen LogP contribution is 2.19. The van der Waals surface area contributed by atoms with Crippen molar-refractivity contribution >= 4 is 21.7 Å². The van der Waals surface area contributed by atoms with Crippen molar-refractivity contribution in [3.63, 3.8) is 0 Å². The Kier molecular flexibility index (Phi) is 2.69. The summed E-state index contributed by atoms with van der Waals surface area (Å²) in [4.78, 5) is 13.1. The first-order valence-electron chi connectivity index (χ1n) is 3.01. The number of aromatic nitrogens is 1. The van der Waals surface area contributed by atoms with E-state index in [1.807, 2.05) is 0 Å². The Morgan fingerprint density at radius 2 is 2.33 bits per heavy atom. The Morgan fingerprint density at radius 3 is 2.83 bits per heavy atom. The minimum atomic E-state index is -0.878. The molecule has 0 aliphatic carbocycles. The van der Waals surface area contributed by atoms with Gasteiger partial charge in [-0.05, 0) is 22.0 Å². The number of pyridine rings is 1. The maximum Gasteiger partial charge on any atom is 0.370 e. The smallest absolute Gasteiger partial charge is 0.358 e. The monoisotopic (exact) mass is 234 g/mol. The minimum absolute atomic E-state index is 0.0109. The van der Waals surface area contributed by atoms with Gasteiger partial charge in [0.05, 0.1) is 5.56 Å². The van der Waals surface area contributed by atoms with Crippen LogP contribution in [-0.2, 0) is 6.67 Å². The van der Waals surface area contributed by atoms with Crippen molar-refractivity contribution in [2.45, 2.75) is 6.67 Å². The van der Waals surface area contributed by atoms with Crippen molar-refractivity contribution in [3.05, 3.63) is 32.4 Å². The van der Waals surface area contributed by atoms with E-state index in [0.717, 1.165) is 0 Å². The van der Waals surface area contributed by atoms with E-state index in [4.69, 9.17) is 0 Å². The molecule has 64 valence electrons. The van der Waals surface area contributed by atoms with Gasteiger partial charge in [-0.2, -0.15) is 0 Å². The summed E-state index contributed by atoms with van der Waals surface area (Å²) in [6, 6.07) is 2.79. The lowest BCUT2D eigenvalue weighted by Gasteiger charge is -1.96. The summed E-state index contributed by atoms with van der Waals surface area (Å²) in [5.74, 6) is -0.438. The second-order valence-corrected chi connectivity index (χ2v) is 2.82. The summed E-state index contributed by atoms with van der Waals surface area (Å²) in [6.07, 6.45) is 0. The zero-order valence-electron chi connectivity index (χ0n) is 5.83. The minimum Gasteiger partial charge on any atom is -0.358 e. The molecule has 0 saturated carbocycles. The first kappa shape index (κ1) is 9.05. The van der Waals surface area contributed by atoms with Crippen molar-refractivity contribution in [1.29, 1.82) is 0 Å². The van der Waals surface area contributed by atoms with Gasteiger partial charge in [-0.3, -0.25) is 0 Å². The molecule has 0 bridgehead atoms. The summed E-state index contributed by atoms with van der Waals surface area (Å²) in [5, 5.41) is 10.3. The van der Waals surface area contributed by atoms with Gasteiger partial charge in [0.25, 0.3) is 0 Å². The summed E-state index contributed by atoms with van der Waals surface area (Å²) in [5.41, 5.74) is -0.0109. The van der Waals surface area contributed by atoms with Gasteiger partial charge in [-0.1, -0.05) is 0 Å². The predicted octanol–water partition coefficient (Wildman–Crippen LogP) is 2.22. The molecule has 0 aliphatic rings. The SMILES string of the molecule is O=[N+]([O-])c1nc(Br)ccc1CF. The van der Waals surface area contributed by atoms with Crippen LogP contribution >= 0.6 is 15.9 Å². The molecule has 0 spiro atoms. The maximum atomic E-state index is 12.1. The standard InChI is InChI=1S/C6H4BrFN2O2/c7-5-2-1-4(3-8)6(9-5)10(11)12/h1-2H,3H2. The van der Waals surface area contributed by atoms with Crippen molar-refractivity contribution in [3.8, 4) is 0 Å². The van der Waals surface area contributed by atoms with Crippen molar-refractivity contribution in [1.82, 2.24) is 4.98 Å². The number of rotatable bonds is 2. The first-order chi connectivity index (χ1) is 5.65. The molecule has 1 aromatic rings. The third-order valence-corrected chi connectivity index (χ3v) is 1.68. The topological polar surface area (TPSA) is 56.0 Å². The lowest BCUT2D eigenvalue weighted by Crippen LogP contribution is -1.97. The van der Waals surface area contributed by atoms with Gasteiger partial charge in [0.1, 0.15) is 6.67 Å². The number of alkyl halides is 1. The number of halogens is 2.